The van der Waals surface area contributed by atoms with Crippen LogP contribution in [0.25, 0.3) is 22.2 Å². The highest BCUT2D eigenvalue weighted by molar-refractivity contribution is 7.92. The van der Waals surface area contributed by atoms with Crippen molar-refractivity contribution in [2.24, 2.45) is 10.9 Å². The van der Waals surface area contributed by atoms with Crippen LogP contribution in [0.4, 0.5) is 29.2 Å². The van der Waals surface area contributed by atoms with Crippen molar-refractivity contribution in [2.45, 2.75) is 64.2 Å². The lowest BCUT2D eigenvalue weighted by molar-refractivity contribution is -0.129. The second-order valence-electron chi connectivity index (χ2n) is 11.6. The summed E-state index contributed by atoms with van der Waals surface area (Å²) < 4.78 is 79.8. The lowest BCUT2D eigenvalue weighted by Gasteiger charge is -2.31. The van der Waals surface area contributed by atoms with Crippen LogP contribution < -0.4 is 15.6 Å². The topological polar surface area (TPSA) is 122 Å². The van der Waals surface area contributed by atoms with Crippen molar-refractivity contribution in [3.63, 3.8) is 0 Å². The SMILES string of the molecule is CC(C)n1c(=O)c(-c2ccc(NS(=O)(=O)CCC(F)(F)F)c(F)c2)cc2cnc(NC3CCC(C4=NCCN4C)CC3)nc21. The summed E-state index contributed by atoms with van der Waals surface area (Å²) >= 11 is 0. The maximum atomic E-state index is 15.0. The molecule has 1 aliphatic carbocycles. The van der Waals surface area contributed by atoms with Crippen molar-refractivity contribution >= 4 is 38.5 Å². The minimum Gasteiger partial charge on any atom is -0.361 e. The Morgan fingerprint density at radius 1 is 1.11 bits per heavy atom. The number of aliphatic imine (C=N–C) groups is 1. The normalized spacial score (nSPS) is 19.5. The van der Waals surface area contributed by atoms with Crippen LogP contribution in [0, 0.1) is 11.7 Å². The molecule has 10 nitrogen and oxygen atoms in total. The van der Waals surface area contributed by atoms with Crippen LogP contribution in [0.3, 0.4) is 0 Å². The van der Waals surface area contributed by atoms with Gasteiger partial charge in [0.05, 0.1) is 24.4 Å². The minimum atomic E-state index is -4.67. The van der Waals surface area contributed by atoms with E-state index in [-0.39, 0.29) is 23.2 Å². The van der Waals surface area contributed by atoms with Crippen LogP contribution in [-0.4, -0.2) is 71.8 Å². The van der Waals surface area contributed by atoms with Crippen molar-refractivity contribution < 1.29 is 26.0 Å². The van der Waals surface area contributed by atoms with Gasteiger partial charge >= 0.3 is 6.18 Å². The maximum absolute atomic E-state index is 15.0. The Hall–Kier alpha value is -3.75. The number of rotatable bonds is 9. The van der Waals surface area contributed by atoms with E-state index in [0.29, 0.717) is 22.9 Å². The molecule has 15 heteroatoms. The molecule has 0 saturated heterocycles. The summed E-state index contributed by atoms with van der Waals surface area (Å²) in [6.45, 7) is 5.46. The molecule has 0 unspecified atom stereocenters. The molecular weight excluding hydrogens is 602 g/mol. The predicted octanol–water partition coefficient (Wildman–Crippen LogP) is 5.19. The van der Waals surface area contributed by atoms with Crippen LogP contribution >= 0.6 is 0 Å². The minimum absolute atomic E-state index is 0.138. The number of alkyl halides is 3. The summed E-state index contributed by atoms with van der Waals surface area (Å²) in [6.07, 6.45) is -0.741. The Kier molecular flexibility index (Phi) is 8.87. The maximum Gasteiger partial charge on any atom is 0.390 e. The molecular formula is C29H35F4N7O3S. The quantitative estimate of drug-likeness (QED) is 0.310. The zero-order chi connectivity index (χ0) is 31.8. The Balaban J connectivity index is 1.36. The van der Waals surface area contributed by atoms with Crippen LogP contribution in [0.5, 0.6) is 0 Å². The van der Waals surface area contributed by atoms with Gasteiger partial charge in [-0.05, 0) is 63.3 Å². The van der Waals surface area contributed by atoms with Crippen molar-refractivity contribution in [3.8, 4) is 11.1 Å². The molecule has 1 saturated carbocycles. The fourth-order valence-corrected chi connectivity index (χ4v) is 6.88. The number of benzene rings is 1. The highest BCUT2D eigenvalue weighted by atomic mass is 32.2. The third-order valence-electron chi connectivity index (χ3n) is 8.02. The molecule has 1 aromatic carbocycles. The Morgan fingerprint density at radius 2 is 1.84 bits per heavy atom. The molecule has 5 rings (SSSR count). The first-order chi connectivity index (χ1) is 20.7. The first-order valence-electron chi connectivity index (χ1n) is 14.5. The van der Waals surface area contributed by atoms with E-state index < -0.39 is 45.4 Å². The van der Waals surface area contributed by atoms with E-state index in [4.69, 9.17) is 0 Å². The van der Waals surface area contributed by atoms with Crippen molar-refractivity contribution in [1.82, 2.24) is 19.4 Å². The Labute approximate surface area is 252 Å². The highest BCUT2D eigenvalue weighted by Crippen LogP contribution is 2.30. The van der Waals surface area contributed by atoms with Gasteiger partial charge in [-0.3, -0.25) is 19.1 Å². The van der Waals surface area contributed by atoms with E-state index in [1.54, 1.807) is 12.3 Å². The molecule has 1 fully saturated rings. The summed E-state index contributed by atoms with van der Waals surface area (Å²) in [5.74, 6) is -0.223. The van der Waals surface area contributed by atoms with E-state index in [0.717, 1.165) is 50.9 Å². The molecule has 0 radical (unpaired) electrons. The number of likely N-dealkylation sites (N-methyl/N-ethyl adjacent to an activating group) is 1. The van der Waals surface area contributed by atoms with E-state index in [9.17, 15) is 30.8 Å². The van der Waals surface area contributed by atoms with E-state index in [1.807, 2.05) is 18.6 Å². The number of hydrogen-bond donors (Lipinski definition) is 2. The molecule has 44 heavy (non-hydrogen) atoms. The second kappa shape index (κ2) is 12.3. The fraction of sp³-hybridized carbons (Fsp3) is 0.517. The van der Waals surface area contributed by atoms with Gasteiger partial charge in [0.2, 0.25) is 16.0 Å². The summed E-state index contributed by atoms with van der Waals surface area (Å²) in [7, 11) is -2.37. The van der Waals surface area contributed by atoms with Crippen LogP contribution in [0.2, 0.25) is 0 Å². The number of fused-ring (bicyclic) bond motifs is 1. The largest absolute Gasteiger partial charge is 0.390 e. The van der Waals surface area contributed by atoms with Gasteiger partial charge in [-0.25, -0.2) is 17.8 Å². The molecule has 2 aromatic heterocycles. The van der Waals surface area contributed by atoms with Gasteiger partial charge in [-0.2, -0.15) is 18.2 Å². The number of halogens is 4. The lowest BCUT2D eigenvalue weighted by atomic mass is 9.85. The zero-order valence-electron chi connectivity index (χ0n) is 24.7. The number of aromatic nitrogens is 3. The van der Waals surface area contributed by atoms with Gasteiger partial charge in [-0.15, -0.1) is 0 Å². The average molecular weight is 638 g/mol. The van der Waals surface area contributed by atoms with Gasteiger partial charge in [0, 0.05) is 48.7 Å². The highest BCUT2D eigenvalue weighted by Gasteiger charge is 2.31. The number of amidine groups is 1. The fourth-order valence-electron chi connectivity index (χ4n) is 5.78. The number of anilines is 2. The molecule has 0 amide bonds. The van der Waals surface area contributed by atoms with Gasteiger partial charge in [0.1, 0.15) is 17.3 Å². The standard InChI is InChI=1S/C29H35F4N7O3S/c1-17(2)40-26-20(16-35-28(37-26)36-21-7-4-18(5-8-21)25-34-11-12-39(25)3)14-22(27(40)41)19-6-9-24(23(30)15-19)38-44(42,43)13-10-29(31,32)33/h6,9,14-18,21,38H,4-5,7-8,10-13H2,1-3H3,(H,35,36,37). The number of nitrogens with zero attached hydrogens (tertiary/aromatic N) is 5. The molecule has 1 aliphatic heterocycles. The molecule has 3 heterocycles. The molecule has 2 N–H and O–H groups in total. The number of pyridine rings is 1. The second-order valence-corrected chi connectivity index (χ2v) is 13.5. The van der Waals surface area contributed by atoms with Crippen LogP contribution in [0.1, 0.15) is 52.0 Å². The zero-order valence-corrected chi connectivity index (χ0v) is 25.5. The summed E-state index contributed by atoms with van der Waals surface area (Å²) in [4.78, 5) is 29.7. The van der Waals surface area contributed by atoms with Gasteiger partial charge in [0.25, 0.3) is 5.56 Å². The van der Waals surface area contributed by atoms with E-state index in [2.05, 4.69) is 32.2 Å². The average Bonchev–Trinajstić information content (AvgIpc) is 3.38. The number of nitrogens with one attached hydrogen (secondary N) is 2. The Bertz CT molecular complexity index is 1730. The molecule has 0 bridgehead atoms. The summed E-state index contributed by atoms with van der Waals surface area (Å²) in [5, 5.41) is 3.96. The first-order valence-corrected chi connectivity index (χ1v) is 16.2. The van der Waals surface area contributed by atoms with Gasteiger partial charge in [0.15, 0.2) is 0 Å². The van der Waals surface area contributed by atoms with E-state index >= 15 is 0 Å². The predicted molar refractivity (Wildman–Crippen MR) is 162 cm³/mol. The summed E-state index contributed by atoms with van der Waals surface area (Å²) in [5.41, 5.74) is -0.233. The number of hydrogen-bond acceptors (Lipinski definition) is 8. The molecule has 0 atom stereocenters. The monoisotopic (exact) mass is 637 g/mol. The van der Waals surface area contributed by atoms with E-state index in [1.165, 1.54) is 16.5 Å². The third kappa shape index (κ3) is 7.13. The molecule has 238 valence electrons. The van der Waals surface area contributed by atoms with Gasteiger partial charge < -0.3 is 10.2 Å². The Morgan fingerprint density at radius 3 is 2.45 bits per heavy atom. The van der Waals surface area contributed by atoms with Gasteiger partial charge in [-0.1, -0.05) is 6.07 Å². The van der Waals surface area contributed by atoms with Crippen LogP contribution in [-0.2, 0) is 10.0 Å². The lowest BCUT2D eigenvalue weighted by Crippen LogP contribution is -2.35. The smallest absolute Gasteiger partial charge is 0.361 e. The van der Waals surface area contributed by atoms with Crippen molar-refractivity contribution in [1.29, 1.82) is 0 Å². The molecule has 2 aliphatic rings. The third-order valence-corrected chi connectivity index (χ3v) is 9.29. The first kappa shape index (κ1) is 31.7. The number of sulfonamides is 1. The molecule has 3 aromatic rings. The molecule has 0 spiro atoms. The van der Waals surface area contributed by atoms with Crippen molar-refractivity contribution in [3.05, 3.63) is 46.6 Å². The van der Waals surface area contributed by atoms with Crippen molar-refractivity contribution in [2.75, 3.05) is 35.9 Å². The van der Waals surface area contributed by atoms with Crippen LogP contribution in [0.15, 0.2) is 40.2 Å². The summed E-state index contributed by atoms with van der Waals surface area (Å²) in [6, 6.07) is 4.80.